The fraction of sp³-hybridized carbons (Fsp3) is 0.830. The van der Waals surface area contributed by atoms with Gasteiger partial charge in [0.05, 0.1) is 25.4 Å². The molecule has 1 aromatic rings. The van der Waals surface area contributed by atoms with Gasteiger partial charge in [-0.1, -0.05) is 175 Å². The van der Waals surface area contributed by atoms with Gasteiger partial charge < -0.3 is 34.3 Å². The highest BCUT2D eigenvalue weighted by Gasteiger charge is 2.49. The Hall–Kier alpha value is -2.20. The average molecular weight is 791 g/mol. The number of carbonyl (C=O) groups excluding carboxylic acids is 2. The summed E-state index contributed by atoms with van der Waals surface area (Å²) in [5.41, 5.74) is 0.181. The fourth-order valence-corrected chi connectivity index (χ4v) is 7.59. The van der Waals surface area contributed by atoms with Crippen LogP contribution < -0.4 is 9.47 Å². The van der Waals surface area contributed by atoms with E-state index in [1.54, 1.807) is 18.2 Å². The van der Waals surface area contributed by atoms with Crippen LogP contribution in [0.1, 0.15) is 211 Å². The molecule has 324 valence electrons. The van der Waals surface area contributed by atoms with Gasteiger partial charge in [-0.15, -0.1) is 0 Å². The molecule has 1 aliphatic heterocycles. The number of hydrogen-bond acceptors (Lipinski definition) is 9. The lowest BCUT2D eigenvalue weighted by molar-refractivity contribution is -0.263. The zero-order valence-electron chi connectivity index (χ0n) is 35.8. The summed E-state index contributed by atoms with van der Waals surface area (Å²) in [5, 5.41) is 31.8. The molecule has 5 atom stereocenters. The molecule has 1 saturated heterocycles. The number of hydrogen-bond donors (Lipinski definition) is 3. The van der Waals surface area contributed by atoms with Crippen LogP contribution in [0.3, 0.4) is 0 Å². The van der Waals surface area contributed by atoms with Crippen molar-refractivity contribution < 1.29 is 43.9 Å². The molecule has 0 amide bonds. The standard InChI is InChI=1S/C47H82O9/c1-4-7-10-13-16-19-20-21-22-25-28-31-39(49)43-45(44(50)42(37-48)55-47(43)52)56-46(51)38-32-33-40(53-34-29-26-23-17-14-11-8-5-2)41(36-38)54-35-30-27-24-18-15-12-9-6-3/h32-33,36,42-45,47-48,50,52H,4-31,34-35,37H2,1-3H3/t42-,43-,44-,45-,47-/m1/s1. The Balaban J connectivity index is 2.01. The van der Waals surface area contributed by atoms with Crippen molar-refractivity contribution >= 4 is 11.8 Å². The van der Waals surface area contributed by atoms with Gasteiger partial charge in [0.25, 0.3) is 0 Å². The third kappa shape index (κ3) is 21.0. The van der Waals surface area contributed by atoms with Crippen LogP contribution in [0.4, 0.5) is 0 Å². The lowest BCUT2D eigenvalue weighted by Gasteiger charge is -2.41. The van der Waals surface area contributed by atoms with Gasteiger partial charge in [0.1, 0.15) is 30.0 Å². The largest absolute Gasteiger partial charge is 0.490 e. The molecular formula is C47H82O9. The van der Waals surface area contributed by atoms with Crippen molar-refractivity contribution in [3.05, 3.63) is 23.8 Å². The molecule has 9 nitrogen and oxygen atoms in total. The summed E-state index contributed by atoms with van der Waals surface area (Å²) in [6, 6.07) is 4.91. The van der Waals surface area contributed by atoms with E-state index in [-0.39, 0.29) is 17.8 Å². The van der Waals surface area contributed by atoms with E-state index in [4.69, 9.17) is 18.9 Å². The van der Waals surface area contributed by atoms with Crippen molar-refractivity contribution in [3.8, 4) is 11.5 Å². The van der Waals surface area contributed by atoms with Gasteiger partial charge in [-0.25, -0.2) is 4.79 Å². The number of ether oxygens (including phenoxy) is 4. The van der Waals surface area contributed by atoms with Crippen LogP contribution >= 0.6 is 0 Å². The molecule has 1 fully saturated rings. The van der Waals surface area contributed by atoms with Crippen LogP contribution in [0, 0.1) is 5.92 Å². The van der Waals surface area contributed by atoms with Crippen LogP contribution in [0.5, 0.6) is 11.5 Å². The van der Waals surface area contributed by atoms with Crippen molar-refractivity contribution in [1.29, 1.82) is 0 Å². The Labute approximate surface area is 341 Å². The van der Waals surface area contributed by atoms with E-state index >= 15 is 0 Å². The number of aliphatic hydroxyl groups excluding tert-OH is 3. The van der Waals surface area contributed by atoms with Gasteiger partial charge >= 0.3 is 5.97 Å². The van der Waals surface area contributed by atoms with Gasteiger partial charge in [0.15, 0.2) is 17.8 Å². The predicted molar refractivity (Wildman–Crippen MR) is 225 cm³/mol. The van der Waals surface area contributed by atoms with Crippen molar-refractivity contribution in [1.82, 2.24) is 0 Å². The molecule has 1 aliphatic rings. The maximum absolute atomic E-state index is 13.7. The zero-order valence-corrected chi connectivity index (χ0v) is 35.8. The van der Waals surface area contributed by atoms with E-state index in [1.165, 1.54) is 116 Å². The maximum Gasteiger partial charge on any atom is 0.338 e. The number of rotatable bonds is 36. The van der Waals surface area contributed by atoms with Crippen LogP contribution in [-0.2, 0) is 14.3 Å². The summed E-state index contributed by atoms with van der Waals surface area (Å²) >= 11 is 0. The summed E-state index contributed by atoms with van der Waals surface area (Å²) in [6.45, 7) is 7.11. The molecule has 3 N–H and O–H groups in total. The minimum absolute atomic E-state index is 0.175. The van der Waals surface area contributed by atoms with Gasteiger partial charge in [0.2, 0.25) is 0 Å². The average Bonchev–Trinajstić information content (AvgIpc) is 3.20. The SMILES string of the molecule is CCCCCCCCCCCCCC(=O)[C@@H]1[C@@H](OC(=O)c2ccc(OCCCCCCCCCC)c(OCCCCCCCCCC)c2)[C@H](O)[C@@H](CO)O[C@H]1O. The minimum atomic E-state index is -1.62. The van der Waals surface area contributed by atoms with Crippen molar-refractivity contribution in [2.75, 3.05) is 19.8 Å². The zero-order chi connectivity index (χ0) is 40.6. The Morgan fingerprint density at radius 3 is 1.48 bits per heavy atom. The first kappa shape index (κ1) is 49.9. The Kier molecular flexibility index (Phi) is 29.2. The molecule has 0 spiro atoms. The Morgan fingerprint density at radius 2 is 1.02 bits per heavy atom. The third-order valence-corrected chi connectivity index (χ3v) is 11.2. The summed E-state index contributed by atoms with van der Waals surface area (Å²) in [7, 11) is 0. The van der Waals surface area contributed by atoms with E-state index < -0.39 is 43.1 Å². The number of benzene rings is 1. The van der Waals surface area contributed by atoms with Crippen LogP contribution in [0.25, 0.3) is 0 Å². The number of carbonyl (C=O) groups is 2. The van der Waals surface area contributed by atoms with E-state index in [0.29, 0.717) is 31.1 Å². The van der Waals surface area contributed by atoms with Gasteiger partial charge in [-0.3, -0.25) is 4.79 Å². The molecule has 0 unspecified atom stereocenters. The molecular weight excluding hydrogens is 709 g/mol. The highest BCUT2D eigenvalue weighted by molar-refractivity contribution is 5.91. The highest BCUT2D eigenvalue weighted by atomic mass is 16.6. The second kappa shape index (κ2) is 32.7. The fourth-order valence-electron chi connectivity index (χ4n) is 7.59. The molecule has 0 saturated carbocycles. The Morgan fingerprint density at radius 1 is 0.589 bits per heavy atom. The van der Waals surface area contributed by atoms with Crippen molar-refractivity contribution in [2.45, 2.75) is 225 Å². The molecule has 9 heteroatoms. The van der Waals surface area contributed by atoms with Gasteiger partial charge in [0, 0.05) is 6.42 Å². The molecule has 0 bridgehead atoms. The number of ketones is 1. The van der Waals surface area contributed by atoms with Gasteiger partial charge in [-0.05, 0) is 37.5 Å². The Bertz CT molecular complexity index is 1130. The predicted octanol–water partition coefficient (Wildman–Crippen LogP) is 11.2. The second-order valence-corrected chi connectivity index (χ2v) is 16.2. The number of unbranched alkanes of at least 4 members (excludes halogenated alkanes) is 24. The summed E-state index contributed by atoms with van der Waals surface area (Å²) < 4.78 is 23.6. The lowest BCUT2D eigenvalue weighted by Crippen LogP contribution is -2.59. The third-order valence-electron chi connectivity index (χ3n) is 11.2. The summed E-state index contributed by atoms with van der Waals surface area (Å²) in [6.07, 6.45) is 26.0. The molecule has 0 aromatic heterocycles. The lowest BCUT2D eigenvalue weighted by atomic mass is 9.85. The normalized spacial score (nSPS) is 19.6. The smallest absolute Gasteiger partial charge is 0.338 e. The summed E-state index contributed by atoms with van der Waals surface area (Å²) in [4.78, 5) is 27.2. The molecule has 2 rings (SSSR count). The van der Waals surface area contributed by atoms with Crippen molar-refractivity contribution in [3.63, 3.8) is 0 Å². The number of esters is 1. The molecule has 0 radical (unpaired) electrons. The number of Topliss-reactive ketones (excluding diaryl/α,β-unsaturated/α-hetero) is 1. The van der Waals surface area contributed by atoms with E-state index in [0.717, 1.165) is 51.4 Å². The maximum atomic E-state index is 13.7. The highest BCUT2D eigenvalue weighted by Crippen LogP contribution is 2.33. The van der Waals surface area contributed by atoms with E-state index in [9.17, 15) is 24.9 Å². The molecule has 1 aromatic carbocycles. The second-order valence-electron chi connectivity index (χ2n) is 16.2. The first-order valence-electron chi connectivity index (χ1n) is 23.1. The molecule has 1 heterocycles. The molecule has 0 aliphatic carbocycles. The topological polar surface area (TPSA) is 132 Å². The van der Waals surface area contributed by atoms with Crippen LogP contribution in [-0.4, -0.2) is 71.5 Å². The first-order valence-corrected chi connectivity index (χ1v) is 23.1. The quantitative estimate of drug-likeness (QED) is 0.0449. The van der Waals surface area contributed by atoms with Gasteiger partial charge in [-0.2, -0.15) is 0 Å². The summed E-state index contributed by atoms with van der Waals surface area (Å²) in [5.74, 6) is -1.36. The van der Waals surface area contributed by atoms with Crippen LogP contribution in [0.15, 0.2) is 18.2 Å². The van der Waals surface area contributed by atoms with Crippen molar-refractivity contribution in [2.24, 2.45) is 5.92 Å². The first-order chi connectivity index (χ1) is 27.4. The van der Waals surface area contributed by atoms with E-state index in [2.05, 4.69) is 20.8 Å². The minimum Gasteiger partial charge on any atom is -0.490 e. The monoisotopic (exact) mass is 791 g/mol. The molecule has 56 heavy (non-hydrogen) atoms. The van der Waals surface area contributed by atoms with E-state index in [1.807, 2.05) is 0 Å². The number of aliphatic hydroxyl groups is 3. The van der Waals surface area contributed by atoms with Crippen LogP contribution in [0.2, 0.25) is 0 Å².